The van der Waals surface area contributed by atoms with Gasteiger partial charge in [0.2, 0.25) is 0 Å². The molecule has 25 heavy (non-hydrogen) atoms. The zero-order chi connectivity index (χ0) is 17.6. The third-order valence-electron chi connectivity index (χ3n) is 5.80. The highest BCUT2D eigenvalue weighted by atomic mass is 16.2. The lowest BCUT2D eigenvalue weighted by Crippen LogP contribution is -2.36. The molecule has 0 radical (unpaired) electrons. The second kappa shape index (κ2) is 6.28. The van der Waals surface area contributed by atoms with Gasteiger partial charge in [0, 0.05) is 31.6 Å². The topological polar surface area (TPSA) is 55.2 Å². The molecule has 2 heterocycles. The van der Waals surface area contributed by atoms with Crippen LogP contribution >= 0.6 is 0 Å². The van der Waals surface area contributed by atoms with Crippen LogP contribution in [0.15, 0.2) is 23.0 Å². The highest BCUT2D eigenvalue weighted by molar-refractivity contribution is 5.97. The molecule has 1 fully saturated rings. The van der Waals surface area contributed by atoms with Crippen molar-refractivity contribution in [3.63, 3.8) is 0 Å². The van der Waals surface area contributed by atoms with Crippen LogP contribution < -0.4 is 5.56 Å². The second-order valence-electron chi connectivity index (χ2n) is 7.52. The van der Waals surface area contributed by atoms with Crippen LogP contribution in [0.5, 0.6) is 0 Å². The largest absolute Gasteiger partial charge is 0.339 e. The maximum atomic E-state index is 12.8. The predicted octanol–water partition coefficient (Wildman–Crippen LogP) is 2.99. The fraction of sp³-hybridized carbons (Fsp3) is 0.550. The highest BCUT2D eigenvalue weighted by Crippen LogP contribution is 2.35. The van der Waals surface area contributed by atoms with Crippen LogP contribution in [0.1, 0.15) is 55.2 Å². The van der Waals surface area contributed by atoms with Crippen LogP contribution in [0.25, 0.3) is 10.9 Å². The van der Waals surface area contributed by atoms with Crippen LogP contribution in [-0.4, -0.2) is 33.4 Å². The molecule has 0 spiro atoms. The molecule has 0 saturated heterocycles. The lowest BCUT2D eigenvalue weighted by molar-refractivity contribution is 0.0727. The molecule has 1 atom stereocenters. The van der Waals surface area contributed by atoms with E-state index in [1.807, 2.05) is 16.5 Å². The summed E-state index contributed by atoms with van der Waals surface area (Å²) in [6, 6.07) is 5.59. The van der Waals surface area contributed by atoms with Gasteiger partial charge in [-0.05, 0) is 56.7 Å². The van der Waals surface area contributed by atoms with Crippen molar-refractivity contribution in [1.82, 2.24) is 14.5 Å². The maximum Gasteiger partial charge on any atom is 0.261 e. The number of fused-ring (bicyclic) bond motifs is 2. The van der Waals surface area contributed by atoms with Crippen molar-refractivity contribution in [2.24, 2.45) is 5.92 Å². The van der Waals surface area contributed by atoms with Gasteiger partial charge in [-0.3, -0.25) is 14.2 Å². The first kappa shape index (κ1) is 16.3. The lowest BCUT2D eigenvalue weighted by Gasteiger charge is -2.25. The van der Waals surface area contributed by atoms with E-state index in [9.17, 15) is 9.59 Å². The molecule has 1 aromatic heterocycles. The zero-order valence-corrected chi connectivity index (χ0v) is 15.0. The summed E-state index contributed by atoms with van der Waals surface area (Å²) in [5.74, 6) is 1.50. The fourth-order valence-corrected chi connectivity index (χ4v) is 3.83. The molecule has 2 aliphatic rings. The number of rotatable bonds is 3. The maximum absolute atomic E-state index is 12.8. The average molecular weight is 339 g/mol. The SMILES string of the molecule is C[C@H](C1CC1)N(C)C(=O)c1ccc2c(=O)n3c(nc2c1)CCCCC3. The molecule has 1 aliphatic carbocycles. The quantitative estimate of drug-likeness (QED) is 0.864. The number of carbonyl (C=O) groups is 1. The van der Waals surface area contributed by atoms with E-state index in [0.29, 0.717) is 22.4 Å². The predicted molar refractivity (Wildman–Crippen MR) is 97.8 cm³/mol. The van der Waals surface area contributed by atoms with E-state index in [-0.39, 0.29) is 17.5 Å². The van der Waals surface area contributed by atoms with Gasteiger partial charge in [0.15, 0.2) is 0 Å². The van der Waals surface area contributed by atoms with E-state index in [1.54, 1.807) is 18.2 Å². The van der Waals surface area contributed by atoms with Crippen molar-refractivity contribution in [2.75, 3.05) is 7.05 Å². The molecule has 2 aromatic rings. The van der Waals surface area contributed by atoms with Gasteiger partial charge in [-0.2, -0.15) is 0 Å². The molecule has 4 rings (SSSR count). The second-order valence-corrected chi connectivity index (χ2v) is 7.52. The first-order chi connectivity index (χ1) is 12.1. The number of hydrogen-bond donors (Lipinski definition) is 0. The van der Waals surface area contributed by atoms with Gasteiger partial charge in [-0.1, -0.05) is 6.42 Å². The van der Waals surface area contributed by atoms with E-state index in [1.165, 1.54) is 12.8 Å². The Morgan fingerprint density at radius 2 is 2.08 bits per heavy atom. The van der Waals surface area contributed by atoms with E-state index < -0.39 is 0 Å². The number of hydrogen-bond acceptors (Lipinski definition) is 3. The van der Waals surface area contributed by atoms with E-state index in [4.69, 9.17) is 4.98 Å². The third-order valence-corrected chi connectivity index (χ3v) is 5.80. The van der Waals surface area contributed by atoms with Gasteiger partial charge in [-0.25, -0.2) is 4.98 Å². The van der Waals surface area contributed by atoms with Crippen molar-refractivity contribution in [1.29, 1.82) is 0 Å². The number of amides is 1. The minimum absolute atomic E-state index is 0.0122. The summed E-state index contributed by atoms with van der Waals surface area (Å²) in [5, 5.41) is 0.611. The lowest BCUT2D eigenvalue weighted by atomic mass is 10.1. The Bertz CT molecular complexity index is 882. The van der Waals surface area contributed by atoms with Gasteiger partial charge < -0.3 is 4.90 Å². The van der Waals surface area contributed by atoms with Crippen LogP contribution in [0.2, 0.25) is 0 Å². The van der Waals surface area contributed by atoms with Gasteiger partial charge >= 0.3 is 0 Å². The van der Waals surface area contributed by atoms with Crippen molar-refractivity contribution >= 4 is 16.8 Å². The fourth-order valence-electron chi connectivity index (χ4n) is 3.83. The molecule has 0 N–H and O–H groups in total. The molecule has 0 unspecified atom stereocenters. The Hall–Kier alpha value is -2.17. The Labute approximate surface area is 147 Å². The van der Waals surface area contributed by atoms with Gasteiger partial charge in [-0.15, -0.1) is 0 Å². The van der Waals surface area contributed by atoms with E-state index >= 15 is 0 Å². The number of carbonyl (C=O) groups excluding carboxylic acids is 1. The van der Waals surface area contributed by atoms with Crippen molar-refractivity contribution in [3.8, 4) is 0 Å². The first-order valence-corrected chi connectivity index (χ1v) is 9.37. The summed E-state index contributed by atoms with van der Waals surface area (Å²) >= 11 is 0. The summed E-state index contributed by atoms with van der Waals surface area (Å²) in [5.41, 5.74) is 1.30. The molecule has 132 valence electrons. The third kappa shape index (κ3) is 2.96. The molecular formula is C20H25N3O2. The molecule has 1 aromatic carbocycles. The average Bonchev–Trinajstić information content (AvgIpc) is 3.46. The minimum atomic E-state index is 0.0122. The van der Waals surface area contributed by atoms with Crippen molar-refractivity contribution in [3.05, 3.63) is 39.9 Å². The van der Waals surface area contributed by atoms with Gasteiger partial charge in [0.25, 0.3) is 11.5 Å². The minimum Gasteiger partial charge on any atom is -0.339 e. The summed E-state index contributed by atoms with van der Waals surface area (Å²) in [4.78, 5) is 32.1. The molecule has 1 amide bonds. The Balaban J connectivity index is 1.72. The number of aryl methyl sites for hydroxylation is 1. The molecule has 1 aliphatic heterocycles. The number of benzene rings is 1. The van der Waals surface area contributed by atoms with Gasteiger partial charge in [0.1, 0.15) is 5.82 Å². The van der Waals surface area contributed by atoms with E-state index in [0.717, 1.165) is 38.1 Å². The van der Waals surface area contributed by atoms with Crippen LogP contribution in [0, 0.1) is 5.92 Å². The van der Waals surface area contributed by atoms with Crippen LogP contribution in [0.4, 0.5) is 0 Å². The van der Waals surface area contributed by atoms with Crippen molar-refractivity contribution in [2.45, 2.75) is 58.0 Å². The molecular weight excluding hydrogens is 314 g/mol. The molecule has 5 nitrogen and oxygen atoms in total. The smallest absolute Gasteiger partial charge is 0.261 e. The number of nitrogens with zero attached hydrogens (tertiary/aromatic N) is 3. The number of aromatic nitrogens is 2. The summed E-state index contributed by atoms with van der Waals surface area (Å²) in [7, 11) is 1.87. The Morgan fingerprint density at radius 1 is 1.28 bits per heavy atom. The van der Waals surface area contributed by atoms with E-state index in [2.05, 4.69) is 6.92 Å². The summed E-state index contributed by atoms with van der Waals surface area (Å²) in [6.45, 7) is 2.86. The zero-order valence-electron chi connectivity index (χ0n) is 15.0. The standard InChI is InChI=1S/C20H25N3O2/c1-13(14-7-8-14)22(2)19(24)15-9-10-16-17(12-15)21-18-6-4-3-5-11-23(18)20(16)25/h9-10,12-14H,3-8,11H2,1-2H3/t13-/m1/s1. The summed E-state index contributed by atoms with van der Waals surface area (Å²) in [6.07, 6.45) is 6.48. The monoisotopic (exact) mass is 339 g/mol. The molecule has 5 heteroatoms. The van der Waals surface area contributed by atoms with Gasteiger partial charge in [0.05, 0.1) is 10.9 Å². The Morgan fingerprint density at radius 3 is 2.84 bits per heavy atom. The highest BCUT2D eigenvalue weighted by Gasteiger charge is 2.32. The molecule has 0 bridgehead atoms. The van der Waals surface area contributed by atoms with Crippen LogP contribution in [-0.2, 0) is 13.0 Å². The normalized spacial score (nSPS) is 18.5. The summed E-state index contributed by atoms with van der Waals surface area (Å²) < 4.78 is 1.82. The Kier molecular flexibility index (Phi) is 4.10. The first-order valence-electron chi connectivity index (χ1n) is 9.37. The molecule has 1 saturated carbocycles. The van der Waals surface area contributed by atoms with Crippen molar-refractivity contribution < 1.29 is 4.79 Å². The van der Waals surface area contributed by atoms with Crippen LogP contribution in [0.3, 0.4) is 0 Å².